The highest BCUT2D eigenvalue weighted by Crippen LogP contribution is 2.17. The minimum atomic E-state index is -0.864. The van der Waals surface area contributed by atoms with Crippen molar-refractivity contribution in [2.75, 3.05) is 13.1 Å². The maximum atomic E-state index is 11.9. The summed E-state index contributed by atoms with van der Waals surface area (Å²) in [7, 11) is 0. The third kappa shape index (κ3) is 6.57. The minimum absolute atomic E-state index is 0.00322. The van der Waals surface area contributed by atoms with E-state index in [1.165, 1.54) is 0 Å². The van der Waals surface area contributed by atoms with Crippen molar-refractivity contribution >= 4 is 11.9 Å². The number of piperidine rings is 1. The van der Waals surface area contributed by atoms with Gasteiger partial charge >= 0.3 is 5.97 Å². The van der Waals surface area contributed by atoms with Crippen molar-refractivity contribution in [1.82, 2.24) is 10.6 Å². The number of carbonyl (C=O) groups is 2. The molecule has 19 heavy (non-hydrogen) atoms. The Morgan fingerprint density at radius 2 is 1.95 bits per heavy atom. The molecule has 0 aromatic heterocycles. The van der Waals surface area contributed by atoms with Crippen LogP contribution in [0.2, 0.25) is 0 Å². The monoisotopic (exact) mass is 270 g/mol. The molecule has 0 aliphatic carbocycles. The van der Waals surface area contributed by atoms with E-state index in [-0.39, 0.29) is 24.3 Å². The zero-order valence-corrected chi connectivity index (χ0v) is 11.9. The first-order chi connectivity index (χ1) is 8.99. The summed E-state index contributed by atoms with van der Waals surface area (Å²) in [6, 6.07) is -0.266. The highest BCUT2D eigenvalue weighted by Gasteiger charge is 2.20. The molecule has 1 atom stereocenters. The highest BCUT2D eigenvalue weighted by atomic mass is 16.4. The van der Waals surface area contributed by atoms with Crippen molar-refractivity contribution in [2.24, 2.45) is 11.8 Å². The van der Waals surface area contributed by atoms with E-state index in [9.17, 15) is 9.59 Å². The van der Waals surface area contributed by atoms with Crippen LogP contribution in [0.3, 0.4) is 0 Å². The van der Waals surface area contributed by atoms with Crippen molar-refractivity contribution in [2.45, 2.75) is 52.0 Å². The lowest BCUT2D eigenvalue weighted by molar-refractivity contribution is -0.138. The van der Waals surface area contributed by atoms with Crippen molar-refractivity contribution in [3.63, 3.8) is 0 Å². The fourth-order valence-electron chi connectivity index (χ4n) is 2.43. The summed E-state index contributed by atoms with van der Waals surface area (Å²) in [4.78, 5) is 22.6. The number of carboxylic acids is 1. The molecule has 0 radical (unpaired) electrons. The van der Waals surface area contributed by atoms with Gasteiger partial charge in [-0.15, -0.1) is 0 Å². The molecule has 0 saturated carbocycles. The average molecular weight is 270 g/mol. The van der Waals surface area contributed by atoms with E-state index in [0.29, 0.717) is 12.3 Å². The Morgan fingerprint density at radius 3 is 2.47 bits per heavy atom. The van der Waals surface area contributed by atoms with Gasteiger partial charge in [0.2, 0.25) is 5.91 Å². The first kappa shape index (κ1) is 16.0. The van der Waals surface area contributed by atoms with Crippen LogP contribution in [0.1, 0.15) is 46.0 Å². The number of carboxylic acid groups (broad SMARTS) is 1. The van der Waals surface area contributed by atoms with Crippen LogP contribution in [0.4, 0.5) is 0 Å². The van der Waals surface area contributed by atoms with Crippen LogP contribution in [0.5, 0.6) is 0 Å². The Balaban J connectivity index is 2.29. The molecule has 1 heterocycles. The lowest BCUT2D eigenvalue weighted by atomic mass is 9.93. The third-order valence-corrected chi connectivity index (χ3v) is 3.78. The lowest BCUT2D eigenvalue weighted by Gasteiger charge is -2.24. The van der Waals surface area contributed by atoms with E-state index in [2.05, 4.69) is 10.6 Å². The number of aliphatic carboxylic acids is 1. The van der Waals surface area contributed by atoms with Gasteiger partial charge in [-0.1, -0.05) is 13.8 Å². The molecule has 1 saturated heterocycles. The quantitative estimate of drug-likeness (QED) is 0.653. The Kier molecular flexibility index (Phi) is 6.84. The SMILES string of the molecule is CC(C)C(CC(=O)O)NC(=O)CCC1CCNCC1. The number of hydrogen-bond acceptors (Lipinski definition) is 3. The smallest absolute Gasteiger partial charge is 0.305 e. The van der Waals surface area contributed by atoms with Crippen molar-refractivity contribution < 1.29 is 14.7 Å². The number of carbonyl (C=O) groups excluding carboxylic acids is 1. The van der Waals surface area contributed by atoms with Gasteiger partial charge in [0, 0.05) is 12.5 Å². The van der Waals surface area contributed by atoms with Gasteiger partial charge < -0.3 is 15.7 Å². The first-order valence-corrected chi connectivity index (χ1v) is 7.21. The molecule has 1 amide bonds. The van der Waals surface area contributed by atoms with Gasteiger partial charge in [-0.3, -0.25) is 9.59 Å². The summed E-state index contributed by atoms with van der Waals surface area (Å²) in [6.07, 6.45) is 3.68. The van der Waals surface area contributed by atoms with Gasteiger partial charge in [0.1, 0.15) is 0 Å². The molecule has 1 unspecified atom stereocenters. The molecule has 3 N–H and O–H groups in total. The zero-order chi connectivity index (χ0) is 14.3. The summed E-state index contributed by atoms with van der Waals surface area (Å²) in [5.74, 6) is -0.112. The molecule has 5 nitrogen and oxygen atoms in total. The molecule has 0 spiro atoms. The number of amides is 1. The highest BCUT2D eigenvalue weighted by molar-refractivity contribution is 5.77. The summed E-state index contributed by atoms with van der Waals surface area (Å²) in [6.45, 7) is 5.95. The van der Waals surface area contributed by atoms with Crippen molar-refractivity contribution in [3.05, 3.63) is 0 Å². The van der Waals surface area contributed by atoms with Crippen molar-refractivity contribution in [3.8, 4) is 0 Å². The molecule has 0 aromatic carbocycles. The van der Waals surface area contributed by atoms with Gasteiger partial charge in [0.25, 0.3) is 0 Å². The van der Waals surface area contributed by atoms with Crippen LogP contribution in [-0.4, -0.2) is 36.1 Å². The molecule has 5 heteroatoms. The molecule has 0 aromatic rings. The predicted molar refractivity (Wildman–Crippen MR) is 73.8 cm³/mol. The van der Waals surface area contributed by atoms with Gasteiger partial charge in [-0.05, 0) is 44.2 Å². The molecule has 1 rings (SSSR count). The van der Waals surface area contributed by atoms with Gasteiger partial charge in [0.05, 0.1) is 6.42 Å². The number of nitrogens with one attached hydrogen (secondary N) is 2. The molecule has 1 aliphatic heterocycles. The summed E-state index contributed by atoms with van der Waals surface area (Å²) in [5.41, 5.74) is 0. The van der Waals surface area contributed by atoms with Crippen molar-refractivity contribution in [1.29, 1.82) is 0 Å². The Bertz CT molecular complexity index is 299. The van der Waals surface area contributed by atoms with Crippen LogP contribution in [-0.2, 0) is 9.59 Å². The van der Waals surface area contributed by atoms with E-state index >= 15 is 0 Å². The Hall–Kier alpha value is -1.10. The second kappa shape index (κ2) is 8.15. The largest absolute Gasteiger partial charge is 0.481 e. The van der Waals surface area contributed by atoms with E-state index in [1.807, 2.05) is 13.8 Å². The third-order valence-electron chi connectivity index (χ3n) is 3.78. The topological polar surface area (TPSA) is 78.4 Å². The molecular weight excluding hydrogens is 244 g/mol. The number of rotatable bonds is 7. The summed E-state index contributed by atoms with van der Waals surface area (Å²) >= 11 is 0. The second-order valence-electron chi connectivity index (χ2n) is 5.75. The second-order valence-corrected chi connectivity index (χ2v) is 5.75. The summed E-state index contributed by atoms with van der Waals surface area (Å²) < 4.78 is 0. The standard InChI is InChI=1S/C14H26N2O3/c1-10(2)12(9-14(18)19)16-13(17)4-3-11-5-7-15-8-6-11/h10-12,15H,3-9H2,1-2H3,(H,16,17)(H,18,19). The van der Waals surface area contributed by atoms with E-state index in [4.69, 9.17) is 5.11 Å². The average Bonchev–Trinajstić information content (AvgIpc) is 2.36. The lowest BCUT2D eigenvalue weighted by Crippen LogP contribution is -2.40. The fourth-order valence-corrected chi connectivity index (χ4v) is 2.43. The predicted octanol–water partition coefficient (Wildman–Crippen LogP) is 1.38. The van der Waals surface area contributed by atoms with Crippen LogP contribution >= 0.6 is 0 Å². The Morgan fingerprint density at radius 1 is 1.32 bits per heavy atom. The zero-order valence-electron chi connectivity index (χ0n) is 11.9. The maximum absolute atomic E-state index is 11.9. The molecule has 110 valence electrons. The van der Waals surface area contributed by atoms with E-state index < -0.39 is 5.97 Å². The van der Waals surface area contributed by atoms with Crippen LogP contribution in [0.25, 0.3) is 0 Å². The fraction of sp³-hybridized carbons (Fsp3) is 0.857. The Labute approximate surface area is 115 Å². The molecule has 1 aliphatic rings. The van der Waals surface area contributed by atoms with Crippen LogP contribution < -0.4 is 10.6 Å². The van der Waals surface area contributed by atoms with Crippen LogP contribution in [0, 0.1) is 11.8 Å². The maximum Gasteiger partial charge on any atom is 0.305 e. The van der Waals surface area contributed by atoms with Gasteiger partial charge in [-0.25, -0.2) is 0 Å². The number of hydrogen-bond donors (Lipinski definition) is 3. The minimum Gasteiger partial charge on any atom is -0.481 e. The normalized spacial score (nSPS) is 18.3. The van der Waals surface area contributed by atoms with Crippen LogP contribution in [0.15, 0.2) is 0 Å². The summed E-state index contributed by atoms with van der Waals surface area (Å²) in [5, 5.41) is 15.0. The van der Waals surface area contributed by atoms with Gasteiger partial charge in [-0.2, -0.15) is 0 Å². The van der Waals surface area contributed by atoms with Gasteiger partial charge in [0.15, 0.2) is 0 Å². The molecule has 0 bridgehead atoms. The van der Waals surface area contributed by atoms with E-state index in [1.54, 1.807) is 0 Å². The van der Waals surface area contributed by atoms with E-state index in [0.717, 1.165) is 32.4 Å². The molecule has 1 fully saturated rings. The molecular formula is C14H26N2O3. The first-order valence-electron chi connectivity index (χ1n) is 7.21.